The summed E-state index contributed by atoms with van der Waals surface area (Å²) in [5.74, 6) is 0.670. The number of fused-ring (bicyclic) bond motifs is 1. The van der Waals surface area contributed by atoms with Gasteiger partial charge in [0.05, 0.1) is 6.10 Å². The number of ether oxygens (including phenoxy) is 2. The van der Waals surface area contributed by atoms with E-state index < -0.39 is 0 Å². The van der Waals surface area contributed by atoms with Crippen molar-refractivity contribution in [2.75, 3.05) is 6.61 Å². The Bertz CT molecular complexity index is 405. The monoisotopic (exact) mass is 326 g/mol. The maximum atomic E-state index is 6.06. The van der Waals surface area contributed by atoms with Crippen LogP contribution in [0.25, 0.3) is 0 Å². The molecule has 0 aliphatic heterocycles. The van der Waals surface area contributed by atoms with Crippen molar-refractivity contribution < 1.29 is 9.47 Å². The zero-order valence-corrected chi connectivity index (χ0v) is 13.5. The number of hydrogen-bond donors (Lipinski definition) is 0. The summed E-state index contributed by atoms with van der Waals surface area (Å²) in [5, 5.41) is 0. The quantitative estimate of drug-likeness (QED) is 0.567. The summed E-state index contributed by atoms with van der Waals surface area (Å²) in [6, 6.07) is 8.49. The van der Waals surface area contributed by atoms with Crippen LogP contribution >= 0.6 is 15.9 Å². The van der Waals surface area contributed by atoms with Gasteiger partial charge < -0.3 is 9.47 Å². The number of hydrogen-bond acceptors (Lipinski definition) is 2. The van der Waals surface area contributed by atoms with Gasteiger partial charge in [0.15, 0.2) is 6.29 Å². The summed E-state index contributed by atoms with van der Waals surface area (Å²) in [4.78, 5) is 0.348. The summed E-state index contributed by atoms with van der Waals surface area (Å²) < 4.78 is 11.8. The average molecular weight is 327 g/mol. The number of alkyl halides is 1. The molecule has 0 saturated carbocycles. The van der Waals surface area contributed by atoms with Crippen molar-refractivity contribution in [2.45, 2.75) is 50.8 Å². The van der Waals surface area contributed by atoms with Gasteiger partial charge in [-0.3, -0.25) is 0 Å². The molecule has 0 N–H and O–H groups in total. The predicted molar refractivity (Wildman–Crippen MR) is 81.6 cm³/mol. The van der Waals surface area contributed by atoms with Gasteiger partial charge >= 0.3 is 0 Å². The van der Waals surface area contributed by atoms with Gasteiger partial charge in [0, 0.05) is 11.4 Å². The highest BCUT2D eigenvalue weighted by atomic mass is 79.9. The molecule has 0 spiro atoms. The van der Waals surface area contributed by atoms with E-state index in [0.717, 1.165) is 19.4 Å². The molecule has 3 atom stereocenters. The van der Waals surface area contributed by atoms with Crippen LogP contribution in [-0.4, -0.2) is 17.7 Å². The van der Waals surface area contributed by atoms with Crippen LogP contribution in [0, 0.1) is 5.92 Å². The van der Waals surface area contributed by atoms with Gasteiger partial charge in [-0.2, -0.15) is 0 Å². The van der Waals surface area contributed by atoms with Gasteiger partial charge in [0.2, 0.25) is 0 Å². The van der Waals surface area contributed by atoms with Gasteiger partial charge in [-0.1, -0.05) is 54.0 Å². The normalized spacial score (nSPS) is 23.6. The van der Waals surface area contributed by atoms with Crippen LogP contribution in [0.3, 0.4) is 0 Å². The molecule has 1 aromatic carbocycles. The van der Waals surface area contributed by atoms with Gasteiger partial charge in [0.1, 0.15) is 0 Å². The molecule has 0 aromatic heterocycles. The lowest BCUT2D eigenvalue weighted by atomic mass is 10.1. The molecule has 1 aliphatic carbocycles. The fourth-order valence-electron chi connectivity index (χ4n) is 2.38. The van der Waals surface area contributed by atoms with Crippen molar-refractivity contribution in [3.8, 4) is 0 Å². The fourth-order valence-corrected chi connectivity index (χ4v) is 3.14. The molecule has 0 saturated heterocycles. The van der Waals surface area contributed by atoms with Gasteiger partial charge in [-0.25, -0.2) is 0 Å². The molecule has 2 nitrogen and oxygen atoms in total. The highest BCUT2D eigenvalue weighted by Crippen LogP contribution is 2.39. The van der Waals surface area contributed by atoms with Crippen molar-refractivity contribution in [3.05, 3.63) is 35.4 Å². The van der Waals surface area contributed by atoms with E-state index in [1.807, 2.05) is 6.92 Å². The molecule has 2 rings (SSSR count). The second-order valence-electron chi connectivity index (χ2n) is 5.60. The fraction of sp³-hybridized carbons (Fsp3) is 0.625. The van der Waals surface area contributed by atoms with E-state index in [1.165, 1.54) is 11.1 Å². The molecule has 0 amide bonds. The second-order valence-corrected chi connectivity index (χ2v) is 6.77. The van der Waals surface area contributed by atoms with Crippen LogP contribution in [-0.2, 0) is 15.9 Å². The van der Waals surface area contributed by atoms with Crippen LogP contribution in [0.2, 0.25) is 0 Å². The summed E-state index contributed by atoms with van der Waals surface area (Å²) in [6.45, 7) is 7.16. The molecule has 0 bridgehead atoms. The minimum atomic E-state index is -0.157. The molecule has 1 aliphatic rings. The molecule has 106 valence electrons. The Hall–Kier alpha value is -0.380. The van der Waals surface area contributed by atoms with Crippen molar-refractivity contribution in [1.29, 1.82) is 0 Å². The van der Waals surface area contributed by atoms with Crippen LogP contribution in [0.5, 0.6) is 0 Å². The molecule has 3 unspecified atom stereocenters. The highest BCUT2D eigenvalue weighted by Gasteiger charge is 2.32. The summed E-state index contributed by atoms with van der Waals surface area (Å²) in [5.41, 5.74) is 2.67. The minimum absolute atomic E-state index is 0.102. The molecule has 0 radical (unpaired) electrons. The lowest BCUT2D eigenvalue weighted by molar-refractivity contribution is -0.160. The van der Waals surface area contributed by atoms with Crippen molar-refractivity contribution in [2.24, 2.45) is 5.92 Å². The van der Waals surface area contributed by atoms with Crippen molar-refractivity contribution in [1.82, 2.24) is 0 Å². The van der Waals surface area contributed by atoms with Gasteiger partial charge in [-0.05, 0) is 36.8 Å². The molecule has 1 aromatic rings. The van der Waals surface area contributed by atoms with E-state index in [2.05, 4.69) is 54.0 Å². The van der Waals surface area contributed by atoms with Crippen LogP contribution in [0.1, 0.15) is 44.4 Å². The number of benzene rings is 1. The third-order valence-electron chi connectivity index (χ3n) is 3.49. The third kappa shape index (κ3) is 4.04. The second kappa shape index (κ2) is 6.87. The van der Waals surface area contributed by atoms with E-state index in [1.54, 1.807) is 0 Å². The SMILES string of the molecule is CC(C)CCOC(C)OC1c2ccccc2CC1Br. The standard InChI is InChI=1S/C16H23BrO2/c1-11(2)8-9-18-12(3)19-16-14-7-5-4-6-13(14)10-15(16)17/h4-7,11-12,15-16H,8-10H2,1-3H3. The third-order valence-corrected chi connectivity index (χ3v) is 4.29. The Balaban J connectivity index is 1.88. The van der Waals surface area contributed by atoms with E-state index in [-0.39, 0.29) is 12.4 Å². The van der Waals surface area contributed by atoms with Crippen LogP contribution < -0.4 is 0 Å². The van der Waals surface area contributed by atoms with Gasteiger partial charge in [0.25, 0.3) is 0 Å². The Morgan fingerprint density at radius 1 is 1.26 bits per heavy atom. The Kier molecular flexibility index (Phi) is 5.43. The van der Waals surface area contributed by atoms with E-state index in [4.69, 9.17) is 9.47 Å². The zero-order chi connectivity index (χ0) is 13.8. The first kappa shape index (κ1) is 15.0. The maximum Gasteiger partial charge on any atom is 0.155 e. The predicted octanol–water partition coefficient (Wildman–Crippen LogP) is 4.47. The first-order valence-electron chi connectivity index (χ1n) is 7.07. The topological polar surface area (TPSA) is 18.5 Å². The average Bonchev–Trinajstić information content (AvgIpc) is 2.66. The minimum Gasteiger partial charge on any atom is -0.353 e. The number of rotatable bonds is 6. The zero-order valence-electron chi connectivity index (χ0n) is 11.9. The Morgan fingerprint density at radius 3 is 2.74 bits per heavy atom. The Labute approximate surface area is 124 Å². The molecule has 19 heavy (non-hydrogen) atoms. The maximum absolute atomic E-state index is 6.06. The van der Waals surface area contributed by atoms with E-state index in [0.29, 0.717) is 10.7 Å². The first-order valence-corrected chi connectivity index (χ1v) is 7.98. The molecule has 3 heteroatoms. The van der Waals surface area contributed by atoms with E-state index >= 15 is 0 Å². The number of halogens is 1. The molecular formula is C16H23BrO2. The van der Waals surface area contributed by atoms with Crippen LogP contribution in [0.4, 0.5) is 0 Å². The lowest BCUT2D eigenvalue weighted by Gasteiger charge is -2.22. The summed E-state index contributed by atoms with van der Waals surface area (Å²) in [7, 11) is 0. The smallest absolute Gasteiger partial charge is 0.155 e. The summed E-state index contributed by atoms with van der Waals surface area (Å²) >= 11 is 3.72. The summed E-state index contributed by atoms with van der Waals surface area (Å²) in [6.07, 6.45) is 2.05. The van der Waals surface area contributed by atoms with Crippen LogP contribution in [0.15, 0.2) is 24.3 Å². The first-order chi connectivity index (χ1) is 9.08. The van der Waals surface area contributed by atoms with Crippen molar-refractivity contribution >= 4 is 15.9 Å². The van der Waals surface area contributed by atoms with Crippen molar-refractivity contribution in [3.63, 3.8) is 0 Å². The largest absolute Gasteiger partial charge is 0.353 e. The van der Waals surface area contributed by atoms with Gasteiger partial charge in [-0.15, -0.1) is 0 Å². The molecule has 0 heterocycles. The lowest BCUT2D eigenvalue weighted by Crippen LogP contribution is -2.21. The molecule has 0 fully saturated rings. The molecular weight excluding hydrogens is 304 g/mol. The highest BCUT2D eigenvalue weighted by molar-refractivity contribution is 9.09. The van der Waals surface area contributed by atoms with E-state index in [9.17, 15) is 0 Å². The Morgan fingerprint density at radius 2 is 2.00 bits per heavy atom.